The van der Waals surface area contributed by atoms with Crippen molar-refractivity contribution in [2.75, 3.05) is 0 Å². The van der Waals surface area contributed by atoms with Crippen molar-refractivity contribution in [1.29, 1.82) is 0 Å². The third kappa shape index (κ3) is 7.38. The van der Waals surface area contributed by atoms with Crippen LogP contribution in [0.1, 0.15) is 38.3 Å². The fourth-order valence-corrected chi connectivity index (χ4v) is 2.89. The summed E-state index contributed by atoms with van der Waals surface area (Å²) in [5.41, 5.74) is 1.43. The van der Waals surface area contributed by atoms with Gasteiger partial charge in [-0.25, -0.2) is 0 Å². The number of carbonyl (C=O) groups is 1. The maximum atomic E-state index is 12.2. The molecule has 0 radical (unpaired) electrons. The van der Waals surface area contributed by atoms with Gasteiger partial charge < -0.3 is 9.74 Å². The van der Waals surface area contributed by atoms with E-state index in [0.29, 0.717) is 17.2 Å². The second-order valence-corrected chi connectivity index (χ2v) is 12.8. The lowest BCUT2D eigenvalue weighted by Gasteiger charge is -2.36. The minimum atomic E-state index is -4.51. The molecule has 142 valence electrons. The Labute approximate surface area is 153 Å². The molecule has 0 aliphatic heterocycles. The highest BCUT2D eigenvalue weighted by Crippen LogP contribution is 2.37. The minimum Gasteiger partial charge on any atom is -0.413 e. The molecule has 0 aliphatic rings. The molecular weight excluding hydrogens is 371 g/mol. The van der Waals surface area contributed by atoms with E-state index in [0.717, 1.165) is 5.56 Å². The molecule has 0 fully saturated rings. The van der Waals surface area contributed by atoms with Crippen LogP contribution in [-0.4, -0.2) is 20.4 Å². The van der Waals surface area contributed by atoms with Gasteiger partial charge in [-0.15, -0.1) is 0 Å². The molecule has 0 unspecified atom stereocenters. The summed E-state index contributed by atoms with van der Waals surface area (Å²) in [6.45, 7) is 11.0. The second-order valence-electron chi connectivity index (χ2n) is 7.54. The second kappa shape index (κ2) is 8.10. The van der Waals surface area contributed by atoms with Gasteiger partial charge in [0.1, 0.15) is 6.42 Å². The van der Waals surface area contributed by atoms with Gasteiger partial charge in [0.2, 0.25) is 5.91 Å². The van der Waals surface area contributed by atoms with Gasteiger partial charge in [-0.2, -0.15) is 13.2 Å². The third-order valence-electron chi connectivity index (χ3n) is 4.36. The van der Waals surface area contributed by atoms with Crippen molar-refractivity contribution in [3.05, 3.63) is 34.3 Å². The van der Waals surface area contributed by atoms with Crippen LogP contribution in [0.3, 0.4) is 0 Å². The Morgan fingerprint density at radius 1 is 1.24 bits per heavy atom. The van der Waals surface area contributed by atoms with Crippen LogP contribution in [0.5, 0.6) is 0 Å². The molecule has 1 aromatic carbocycles. The van der Waals surface area contributed by atoms with Crippen molar-refractivity contribution in [3.63, 3.8) is 0 Å². The molecule has 0 bridgehead atoms. The summed E-state index contributed by atoms with van der Waals surface area (Å²) in [5.74, 6) is -1.05. The van der Waals surface area contributed by atoms with Crippen LogP contribution in [0.2, 0.25) is 23.2 Å². The molecule has 0 saturated heterocycles. The zero-order valence-corrected chi connectivity index (χ0v) is 16.9. The van der Waals surface area contributed by atoms with E-state index in [4.69, 9.17) is 16.0 Å². The molecule has 1 aromatic rings. The van der Waals surface area contributed by atoms with Crippen LogP contribution in [-0.2, 0) is 22.4 Å². The number of nitrogens with one attached hydrogen (secondary N) is 1. The predicted octanol–water partition coefficient (Wildman–Crippen LogP) is 5.43. The molecule has 0 aromatic heterocycles. The average Bonchev–Trinajstić information content (AvgIpc) is 2.42. The highest BCUT2D eigenvalue weighted by molar-refractivity contribution is 6.74. The highest BCUT2D eigenvalue weighted by atomic mass is 35.5. The van der Waals surface area contributed by atoms with E-state index in [1.54, 1.807) is 18.2 Å². The fourth-order valence-electron chi connectivity index (χ4n) is 1.77. The third-order valence-corrected chi connectivity index (χ3v) is 9.20. The standard InChI is InChI=1S/C17H25ClF3NO2Si/c1-16(2,3)25(4,5)24-11-13-8-12(6-7-14(13)18)10-22-15(23)9-17(19,20)21/h6-8H,9-11H2,1-5H3,(H,22,23). The topological polar surface area (TPSA) is 38.3 Å². The van der Waals surface area contributed by atoms with Gasteiger partial charge in [-0.3, -0.25) is 4.79 Å². The number of halogens is 4. The first-order valence-electron chi connectivity index (χ1n) is 7.96. The molecular formula is C17H25ClF3NO2Si. The zero-order chi connectivity index (χ0) is 19.5. The van der Waals surface area contributed by atoms with Crippen LogP contribution in [0, 0.1) is 0 Å². The Hall–Kier alpha value is -1.05. The Morgan fingerprint density at radius 3 is 2.36 bits per heavy atom. The SMILES string of the molecule is CC(C)(C)[Si](C)(C)OCc1cc(CNC(=O)CC(F)(F)F)ccc1Cl. The summed E-state index contributed by atoms with van der Waals surface area (Å²) in [7, 11) is -1.94. The monoisotopic (exact) mass is 395 g/mol. The number of rotatable bonds is 6. The van der Waals surface area contributed by atoms with E-state index >= 15 is 0 Å². The number of benzene rings is 1. The van der Waals surface area contributed by atoms with E-state index in [9.17, 15) is 18.0 Å². The summed E-state index contributed by atoms with van der Waals surface area (Å²) < 4.78 is 42.6. The number of hydrogen-bond donors (Lipinski definition) is 1. The van der Waals surface area contributed by atoms with Crippen LogP contribution in [0.4, 0.5) is 13.2 Å². The van der Waals surface area contributed by atoms with Crippen LogP contribution < -0.4 is 5.32 Å². The molecule has 3 nitrogen and oxygen atoms in total. The van der Waals surface area contributed by atoms with Gasteiger partial charge in [-0.1, -0.05) is 44.5 Å². The Kier molecular flexibility index (Phi) is 7.12. The van der Waals surface area contributed by atoms with Crippen molar-refractivity contribution < 1.29 is 22.4 Å². The van der Waals surface area contributed by atoms with Crippen molar-refractivity contribution in [2.24, 2.45) is 0 Å². The molecule has 0 heterocycles. The van der Waals surface area contributed by atoms with E-state index < -0.39 is 26.8 Å². The summed E-state index contributed by atoms with van der Waals surface area (Å²) in [4.78, 5) is 11.3. The Morgan fingerprint density at radius 2 is 1.84 bits per heavy atom. The highest BCUT2D eigenvalue weighted by Gasteiger charge is 2.37. The largest absolute Gasteiger partial charge is 0.413 e. The van der Waals surface area contributed by atoms with Crippen LogP contribution in [0.15, 0.2) is 18.2 Å². The smallest absolute Gasteiger partial charge is 0.397 e. The molecule has 0 spiro atoms. The van der Waals surface area contributed by atoms with Gasteiger partial charge in [0, 0.05) is 11.6 Å². The van der Waals surface area contributed by atoms with E-state index in [1.807, 2.05) is 0 Å². The molecule has 0 saturated carbocycles. The van der Waals surface area contributed by atoms with Gasteiger partial charge in [0.05, 0.1) is 6.61 Å². The maximum Gasteiger partial charge on any atom is 0.397 e. The van der Waals surface area contributed by atoms with E-state index in [2.05, 4.69) is 39.2 Å². The summed E-state index contributed by atoms with van der Waals surface area (Å²) in [6.07, 6.45) is -5.99. The van der Waals surface area contributed by atoms with Gasteiger partial charge in [-0.05, 0) is 35.3 Å². The normalized spacial score (nSPS) is 13.0. The maximum absolute atomic E-state index is 12.2. The Balaban J connectivity index is 2.72. The zero-order valence-electron chi connectivity index (χ0n) is 15.2. The van der Waals surface area contributed by atoms with Crippen LogP contribution >= 0.6 is 11.6 Å². The van der Waals surface area contributed by atoms with Gasteiger partial charge >= 0.3 is 6.18 Å². The quantitative estimate of drug-likeness (QED) is 0.652. The molecule has 1 amide bonds. The van der Waals surface area contributed by atoms with E-state index in [-0.39, 0.29) is 11.6 Å². The van der Waals surface area contributed by atoms with Crippen molar-refractivity contribution in [1.82, 2.24) is 5.32 Å². The lowest BCUT2D eigenvalue weighted by atomic mass is 10.1. The minimum absolute atomic E-state index is 0.0131. The first-order valence-corrected chi connectivity index (χ1v) is 11.2. The first kappa shape index (κ1) is 22.0. The van der Waals surface area contributed by atoms with Crippen molar-refractivity contribution in [2.45, 2.75) is 64.7 Å². The number of amides is 1. The summed E-state index contributed by atoms with van der Waals surface area (Å²) in [6, 6.07) is 5.09. The van der Waals surface area contributed by atoms with Gasteiger partial charge in [0.15, 0.2) is 8.32 Å². The summed E-state index contributed by atoms with van der Waals surface area (Å²) in [5, 5.41) is 2.85. The van der Waals surface area contributed by atoms with Crippen molar-refractivity contribution >= 4 is 25.8 Å². The Bertz CT molecular complexity index is 613. The molecule has 0 aliphatic carbocycles. The molecule has 0 atom stereocenters. The molecule has 8 heteroatoms. The number of alkyl halides is 3. The average molecular weight is 396 g/mol. The lowest BCUT2D eigenvalue weighted by Crippen LogP contribution is -2.40. The molecule has 25 heavy (non-hydrogen) atoms. The number of carbonyl (C=O) groups excluding carboxylic acids is 1. The molecule has 1 N–H and O–H groups in total. The lowest BCUT2D eigenvalue weighted by molar-refractivity contribution is -0.153. The van der Waals surface area contributed by atoms with Crippen LogP contribution in [0.25, 0.3) is 0 Å². The molecule has 1 rings (SSSR count). The fraction of sp³-hybridized carbons (Fsp3) is 0.588. The van der Waals surface area contributed by atoms with E-state index in [1.165, 1.54) is 0 Å². The summed E-state index contributed by atoms with van der Waals surface area (Å²) >= 11 is 6.19. The predicted molar refractivity (Wildman–Crippen MR) is 96.0 cm³/mol. The van der Waals surface area contributed by atoms with Gasteiger partial charge in [0.25, 0.3) is 0 Å². The van der Waals surface area contributed by atoms with Crippen molar-refractivity contribution in [3.8, 4) is 0 Å². The number of hydrogen-bond acceptors (Lipinski definition) is 2. The first-order chi connectivity index (χ1) is 11.2.